The smallest absolute Gasteiger partial charge is 0.271 e. The summed E-state index contributed by atoms with van der Waals surface area (Å²) in [5, 5.41) is 6.85. The van der Waals surface area contributed by atoms with Crippen LogP contribution in [0.5, 0.6) is 0 Å². The van der Waals surface area contributed by atoms with Crippen molar-refractivity contribution in [2.75, 3.05) is 12.3 Å². The minimum Gasteiger partial charge on any atom is -0.396 e. The van der Waals surface area contributed by atoms with Gasteiger partial charge in [-0.2, -0.15) is 5.10 Å². The fourth-order valence-electron chi connectivity index (χ4n) is 2.28. The highest BCUT2D eigenvalue weighted by molar-refractivity contribution is 5.97. The molecular formula is C13H20N4O. The Morgan fingerprint density at radius 2 is 2.39 bits per heavy atom. The molecule has 3 N–H and O–H groups in total. The van der Waals surface area contributed by atoms with Crippen molar-refractivity contribution in [3.63, 3.8) is 0 Å². The van der Waals surface area contributed by atoms with Crippen molar-refractivity contribution in [3.05, 3.63) is 23.5 Å². The van der Waals surface area contributed by atoms with Crippen LogP contribution in [-0.2, 0) is 7.05 Å². The minimum atomic E-state index is -0.149. The van der Waals surface area contributed by atoms with E-state index < -0.39 is 0 Å². The number of aryl methyl sites for hydroxylation is 1. The van der Waals surface area contributed by atoms with E-state index in [2.05, 4.69) is 16.5 Å². The van der Waals surface area contributed by atoms with Gasteiger partial charge in [0.15, 0.2) is 0 Å². The lowest BCUT2D eigenvalue weighted by Gasteiger charge is -2.13. The van der Waals surface area contributed by atoms with Gasteiger partial charge in [0.1, 0.15) is 5.69 Å². The average molecular weight is 248 g/mol. The molecule has 1 aliphatic carbocycles. The third kappa shape index (κ3) is 2.91. The van der Waals surface area contributed by atoms with Crippen LogP contribution in [0.15, 0.2) is 17.8 Å². The van der Waals surface area contributed by atoms with Crippen LogP contribution in [0.1, 0.15) is 42.6 Å². The number of nitrogens with two attached hydrogens (primary N) is 1. The number of rotatable bonds is 4. The van der Waals surface area contributed by atoms with Crippen LogP contribution in [0.2, 0.25) is 0 Å². The summed E-state index contributed by atoms with van der Waals surface area (Å²) in [5.74, 6) is -0.149. The van der Waals surface area contributed by atoms with Crippen molar-refractivity contribution in [3.8, 4) is 0 Å². The topological polar surface area (TPSA) is 72.9 Å². The average Bonchev–Trinajstić information content (AvgIpc) is 2.70. The van der Waals surface area contributed by atoms with Gasteiger partial charge >= 0.3 is 0 Å². The number of nitrogens with one attached hydrogen (secondary N) is 1. The van der Waals surface area contributed by atoms with Crippen LogP contribution in [0, 0.1) is 0 Å². The molecule has 0 unspecified atom stereocenters. The highest BCUT2D eigenvalue weighted by Crippen LogP contribution is 2.19. The summed E-state index contributed by atoms with van der Waals surface area (Å²) >= 11 is 0. The van der Waals surface area contributed by atoms with E-state index in [0.29, 0.717) is 17.9 Å². The molecule has 0 atom stereocenters. The third-order valence-corrected chi connectivity index (χ3v) is 3.30. The van der Waals surface area contributed by atoms with Crippen molar-refractivity contribution < 1.29 is 4.79 Å². The molecule has 98 valence electrons. The fraction of sp³-hybridized carbons (Fsp3) is 0.538. The van der Waals surface area contributed by atoms with Crippen LogP contribution in [0.25, 0.3) is 0 Å². The van der Waals surface area contributed by atoms with Gasteiger partial charge in [0.25, 0.3) is 5.91 Å². The zero-order valence-electron chi connectivity index (χ0n) is 10.8. The van der Waals surface area contributed by atoms with Gasteiger partial charge in [-0.25, -0.2) is 0 Å². The maximum atomic E-state index is 11.9. The Kier molecular flexibility index (Phi) is 4.02. The molecule has 0 aromatic carbocycles. The van der Waals surface area contributed by atoms with E-state index in [-0.39, 0.29) is 5.91 Å². The Morgan fingerprint density at radius 3 is 3.00 bits per heavy atom. The lowest BCUT2D eigenvalue weighted by atomic mass is 9.97. The van der Waals surface area contributed by atoms with E-state index in [9.17, 15) is 4.79 Å². The summed E-state index contributed by atoms with van der Waals surface area (Å²) in [4.78, 5) is 11.9. The first-order chi connectivity index (χ1) is 8.68. The maximum absolute atomic E-state index is 11.9. The van der Waals surface area contributed by atoms with Gasteiger partial charge < -0.3 is 11.1 Å². The molecule has 1 amide bonds. The standard InChI is InChI=1S/C13H20N4O/c1-17-12(11(14)9-16-17)13(18)15-8-7-10-5-3-2-4-6-10/h5,9H,2-4,6-8,14H2,1H3,(H,15,18). The highest BCUT2D eigenvalue weighted by atomic mass is 16.2. The number of carbonyl (C=O) groups excluding carboxylic acids is 1. The first-order valence-electron chi connectivity index (χ1n) is 6.42. The quantitative estimate of drug-likeness (QED) is 0.795. The number of carbonyl (C=O) groups is 1. The highest BCUT2D eigenvalue weighted by Gasteiger charge is 2.14. The number of allylic oxidation sites excluding steroid dienone is 1. The predicted octanol–water partition coefficient (Wildman–Crippen LogP) is 1.62. The van der Waals surface area contributed by atoms with Crippen molar-refractivity contribution >= 4 is 11.6 Å². The predicted molar refractivity (Wildman–Crippen MR) is 71.1 cm³/mol. The Morgan fingerprint density at radius 1 is 1.56 bits per heavy atom. The molecule has 0 saturated carbocycles. The Bertz CT molecular complexity index is 442. The molecule has 5 heteroatoms. The van der Waals surface area contributed by atoms with Crippen molar-refractivity contribution in [2.24, 2.45) is 7.05 Å². The minimum absolute atomic E-state index is 0.149. The number of nitrogen functional groups attached to an aromatic ring is 1. The molecule has 1 aromatic heterocycles. The largest absolute Gasteiger partial charge is 0.396 e. The second kappa shape index (κ2) is 5.71. The maximum Gasteiger partial charge on any atom is 0.271 e. The first kappa shape index (κ1) is 12.7. The number of amides is 1. The molecule has 1 heterocycles. The monoisotopic (exact) mass is 248 g/mol. The molecule has 18 heavy (non-hydrogen) atoms. The molecule has 0 radical (unpaired) electrons. The van der Waals surface area contributed by atoms with E-state index in [1.54, 1.807) is 7.05 Å². The molecule has 1 aromatic rings. The molecule has 0 aliphatic heterocycles. The number of nitrogens with zero attached hydrogens (tertiary/aromatic N) is 2. The summed E-state index contributed by atoms with van der Waals surface area (Å²) in [7, 11) is 1.72. The molecule has 0 saturated heterocycles. The Hall–Kier alpha value is -1.78. The van der Waals surface area contributed by atoms with Crippen LogP contribution < -0.4 is 11.1 Å². The van der Waals surface area contributed by atoms with Crippen molar-refractivity contribution in [1.82, 2.24) is 15.1 Å². The summed E-state index contributed by atoms with van der Waals surface area (Å²) < 4.78 is 1.50. The van der Waals surface area contributed by atoms with Gasteiger partial charge in [-0.3, -0.25) is 9.48 Å². The second-order valence-electron chi connectivity index (χ2n) is 4.69. The summed E-state index contributed by atoms with van der Waals surface area (Å²) in [6.07, 6.45) is 9.65. The zero-order chi connectivity index (χ0) is 13.0. The van der Waals surface area contributed by atoms with E-state index in [1.807, 2.05) is 0 Å². The number of anilines is 1. The van der Waals surface area contributed by atoms with Crippen LogP contribution in [0.3, 0.4) is 0 Å². The van der Waals surface area contributed by atoms with Gasteiger partial charge in [-0.1, -0.05) is 11.6 Å². The second-order valence-corrected chi connectivity index (χ2v) is 4.69. The third-order valence-electron chi connectivity index (χ3n) is 3.30. The van der Waals surface area contributed by atoms with Gasteiger partial charge in [-0.05, 0) is 32.1 Å². The molecule has 0 fully saturated rings. The molecular weight excluding hydrogens is 228 g/mol. The Labute approximate surface area is 107 Å². The molecule has 0 bridgehead atoms. The SMILES string of the molecule is Cn1ncc(N)c1C(=O)NCCC1=CCCCC1. The van der Waals surface area contributed by atoms with Gasteiger partial charge in [-0.15, -0.1) is 0 Å². The van der Waals surface area contributed by atoms with E-state index in [4.69, 9.17) is 5.73 Å². The van der Waals surface area contributed by atoms with Gasteiger partial charge in [0, 0.05) is 13.6 Å². The molecule has 1 aliphatic rings. The van der Waals surface area contributed by atoms with E-state index in [1.165, 1.54) is 42.1 Å². The number of aromatic nitrogens is 2. The van der Waals surface area contributed by atoms with E-state index >= 15 is 0 Å². The summed E-state index contributed by atoms with van der Waals surface area (Å²) in [5.41, 5.74) is 8.02. The molecule has 5 nitrogen and oxygen atoms in total. The first-order valence-corrected chi connectivity index (χ1v) is 6.42. The normalized spacial score (nSPS) is 15.3. The summed E-state index contributed by atoms with van der Waals surface area (Å²) in [6.45, 7) is 0.662. The van der Waals surface area contributed by atoms with Crippen LogP contribution in [-0.4, -0.2) is 22.2 Å². The lowest BCUT2D eigenvalue weighted by Crippen LogP contribution is -2.27. The number of hydrogen-bond acceptors (Lipinski definition) is 3. The Balaban J connectivity index is 1.83. The fourth-order valence-corrected chi connectivity index (χ4v) is 2.28. The van der Waals surface area contributed by atoms with Crippen molar-refractivity contribution in [2.45, 2.75) is 32.1 Å². The van der Waals surface area contributed by atoms with Gasteiger partial charge in [0.05, 0.1) is 11.9 Å². The summed E-state index contributed by atoms with van der Waals surface area (Å²) in [6, 6.07) is 0. The lowest BCUT2D eigenvalue weighted by molar-refractivity contribution is 0.0945. The van der Waals surface area contributed by atoms with E-state index in [0.717, 1.165) is 6.42 Å². The van der Waals surface area contributed by atoms with Crippen molar-refractivity contribution in [1.29, 1.82) is 0 Å². The molecule has 2 rings (SSSR count). The van der Waals surface area contributed by atoms with Crippen LogP contribution in [0.4, 0.5) is 5.69 Å². The molecule has 0 spiro atoms. The zero-order valence-corrected chi connectivity index (χ0v) is 10.8. The number of hydrogen-bond donors (Lipinski definition) is 2. The van der Waals surface area contributed by atoms with Gasteiger partial charge in [0.2, 0.25) is 0 Å². The van der Waals surface area contributed by atoms with Crippen LogP contribution >= 0.6 is 0 Å².